The number of sulfonamides is 1. The normalized spacial score (nSPS) is 11.5. The van der Waals surface area contributed by atoms with E-state index < -0.39 is 10.0 Å². The van der Waals surface area contributed by atoms with Gasteiger partial charge in [0.05, 0.1) is 10.6 Å². The molecule has 0 radical (unpaired) electrons. The lowest BCUT2D eigenvalue weighted by Crippen LogP contribution is -2.13. The van der Waals surface area contributed by atoms with Crippen LogP contribution in [0.2, 0.25) is 5.02 Å². The van der Waals surface area contributed by atoms with Gasteiger partial charge in [-0.2, -0.15) is 0 Å². The molecule has 0 aliphatic heterocycles. The van der Waals surface area contributed by atoms with Crippen molar-refractivity contribution >= 4 is 39.1 Å². The fourth-order valence-corrected chi connectivity index (χ4v) is 4.60. The van der Waals surface area contributed by atoms with Crippen LogP contribution in [0, 0.1) is 0 Å². The van der Waals surface area contributed by atoms with Gasteiger partial charge in [-0.05, 0) is 54.1 Å². The second-order valence-corrected chi connectivity index (χ2v) is 9.09. The SMILES string of the molecule is CCCc1ccc(S(=O)(=O)Nc2cc(Cl)ccc2Sc2nncn2C)cc1. The lowest BCUT2D eigenvalue weighted by molar-refractivity contribution is 0.601. The Labute approximate surface area is 168 Å². The number of nitrogens with one attached hydrogen (secondary N) is 1. The van der Waals surface area contributed by atoms with Gasteiger partial charge in [-0.15, -0.1) is 10.2 Å². The van der Waals surface area contributed by atoms with Crippen LogP contribution in [0.3, 0.4) is 0 Å². The quantitative estimate of drug-likeness (QED) is 0.611. The Kier molecular flexibility index (Phi) is 6.08. The summed E-state index contributed by atoms with van der Waals surface area (Å²) in [5.74, 6) is 0. The van der Waals surface area contributed by atoms with Crippen molar-refractivity contribution in [2.45, 2.75) is 34.7 Å². The van der Waals surface area contributed by atoms with E-state index in [9.17, 15) is 8.42 Å². The van der Waals surface area contributed by atoms with Crippen LogP contribution in [-0.4, -0.2) is 23.2 Å². The fourth-order valence-electron chi connectivity index (χ4n) is 2.46. The molecule has 0 bridgehead atoms. The van der Waals surface area contributed by atoms with Gasteiger partial charge in [-0.3, -0.25) is 4.72 Å². The highest BCUT2D eigenvalue weighted by molar-refractivity contribution is 7.99. The van der Waals surface area contributed by atoms with Crippen LogP contribution in [-0.2, 0) is 23.5 Å². The number of aryl methyl sites for hydroxylation is 2. The third-order valence-electron chi connectivity index (χ3n) is 3.83. The predicted octanol–water partition coefficient (Wildman–Crippen LogP) is 4.37. The number of halogens is 1. The maximum Gasteiger partial charge on any atom is 0.261 e. The summed E-state index contributed by atoms with van der Waals surface area (Å²) in [7, 11) is -1.92. The fraction of sp³-hybridized carbons (Fsp3) is 0.222. The average molecular weight is 423 g/mol. The number of hydrogen-bond acceptors (Lipinski definition) is 5. The summed E-state index contributed by atoms with van der Waals surface area (Å²) < 4.78 is 30.0. The van der Waals surface area contributed by atoms with Gasteiger partial charge in [-0.25, -0.2) is 8.42 Å². The van der Waals surface area contributed by atoms with Gasteiger partial charge in [-0.1, -0.05) is 37.1 Å². The van der Waals surface area contributed by atoms with E-state index >= 15 is 0 Å². The zero-order valence-electron chi connectivity index (χ0n) is 14.9. The highest BCUT2D eigenvalue weighted by Gasteiger charge is 2.18. The third-order valence-corrected chi connectivity index (χ3v) is 6.57. The van der Waals surface area contributed by atoms with Crippen molar-refractivity contribution in [3.8, 4) is 0 Å². The van der Waals surface area contributed by atoms with Gasteiger partial charge in [0.25, 0.3) is 10.0 Å². The van der Waals surface area contributed by atoms with Crippen LogP contribution in [0.4, 0.5) is 5.69 Å². The lowest BCUT2D eigenvalue weighted by atomic mass is 10.1. The molecule has 3 aromatic rings. The molecule has 1 N–H and O–H groups in total. The molecule has 0 saturated heterocycles. The van der Waals surface area contributed by atoms with Crippen molar-refractivity contribution in [1.82, 2.24) is 14.8 Å². The van der Waals surface area contributed by atoms with Crippen LogP contribution in [0.25, 0.3) is 0 Å². The van der Waals surface area contributed by atoms with Gasteiger partial charge in [0.1, 0.15) is 6.33 Å². The maximum absolute atomic E-state index is 12.8. The molecule has 0 saturated carbocycles. The van der Waals surface area contributed by atoms with Gasteiger partial charge in [0, 0.05) is 17.0 Å². The van der Waals surface area contributed by atoms with Gasteiger partial charge >= 0.3 is 0 Å². The largest absolute Gasteiger partial charge is 0.311 e. The molecular formula is C18H19ClN4O2S2. The predicted molar refractivity (Wildman–Crippen MR) is 108 cm³/mol. The highest BCUT2D eigenvalue weighted by Crippen LogP contribution is 2.35. The van der Waals surface area contributed by atoms with Crippen LogP contribution < -0.4 is 4.72 Å². The highest BCUT2D eigenvalue weighted by atomic mass is 35.5. The summed E-state index contributed by atoms with van der Waals surface area (Å²) in [5, 5.41) is 8.94. The Morgan fingerprint density at radius 2 is 1.93 bits per heavy atom. The number of benzene rings is 2. The third kappa shape index (κ3) is 4.82. The number of aromatic nitrogens is 3. The maximum atomic E-state index is 12.8. The van der Waals surface area contributed by atoms with E-state index in [0.29, 0.717) is 20.8 Å². The smallest absolute Gasteiger partial charge is 0.261 e. The molecule has 0 fully saturated rings. The lowest BCUT2D eigenvalue weighted by Gasteiger charge is -2.13. The van der Waals surface area contributed by atoms with E-state index in [2.05, 4.69) is 21.8 Å². The van der Waals surface area contributed by atoms with Crippen molar-refractivity contribution in [3.05, 3.63) is 59.4 Å². The molecule has 0 spiro atoms. The van der Waals surface area contributed by atoms with Crippen LogP contribution in [0.5, 0.6) is 0 Å². The minimum Gasteiger partial charge on any atom is -0.311 e. The first-order chi connectivity index (χ1) is 12.9. The summed E-state index contributed by atoms with van der Waals surface area (Å²) in [4.78, 5) is 0.888. The Bertz CT molecular complexity index is 1030. The second kappa shape index (κ2) is 8.33. The molecule has 0 amide bonds. The molecule has 3 rings (SSSR count). The van der Waals surface area contributed by atoms with Crippen molar-refractivity contribution in [2.24, 2.45) is 7.05 Å². The Morgan fingerprint density at radius 1 is 1.19 bits per heavy atom. The first-order valence-electron chi connectivity index (χ1n) is 8.32. The van der Waals surface area contributed by atoms with E-state index in [4.69, 9.17) is 11.6 Å². The molecular weight excluding hydrogens is 404 g/mol. The van der Waals surface area contributed by atoms with Crippen molar-refractivity contribution in [2.75, 3.05) is 4.72 Å². The average Bonchev–Trinajstić information content (AvgIpc) is 3.03. The summed E-state index contributed by atoms with van der Waals surface area (Å²) in [6, 6.07) is 12.0. The van der Waals surface area contributed by atoms with E-state index in [0.717, 1.165) is 18.4 Å². The van der Waals surface area contributed by atoms with Gasteiger partial charge < -0.3 is 4.57 Å². The molecule has 142 valence electrons. The molecule has 1 aromatic heterocycles. The van der Waals surface area contributed by atoms with E-state index in [1.165, 1.54) is 11.8 Å². The van der Waals surface area contributed by atoms with Gasteiger partial charge in [0.15, 0.2) is 5.16 Å². The molecule has 2 aromatic carbocycles. The van der Waals surface area contributed by atoms with Crippen molar-refractivity contribution < 1.29 is 8.42 Å². The summed E-state index contributed by atoms with van der Waals surface area (Å²) in [6.07, 6.45) is 3.51. The summed E-state index contributed by atoms with van der Waals surface area (Å²) in [5.41, 5.74) is 1.51. The Morgan fingerprint density at radius 3 is 2.56 bits per heavy atom. The Hall–Kier alpha value is -2.03. The minimum atomic E-state index is -3.74. The van der Waals surface area contributed by atoms with Crippen LogP contribution >= 0.6 is 23.4 Å². The zero-order valence-corrected chi connectivity index (χ0v) is 17.3. The molecule has 6 nitrogen and oxygen atoms in total. The van der Waals surface area contributed by atoms with Crippen LogP contribution in [0.15, 0.2) is 63.7 Å². The number of hydrogen-bond donors (Lipinski definition) is 1. The second-order valence-electron chi connectivity index (χ2n) is 5.97. The standard InChI is InChI=1S/C18H19ClN4O2S2/c1-3-4-13-5-8-15(9-6-13)27(24,25)22-16-11-14(19)7-10-17(16)26-18-21-20-12-23(18)2/h5-12,22H,3-4H2,1-2H3. The molecule has 0 unspecified atom stereocenters. The molecule has 27 heavy (non-hydrogen) atoms. The monoisotopic (exact) mass is 422 g/mol. The molecule has 0 atom stereocenters. The molecule has 9 heteroatoms. The van der Waals surface area contributed by atoms with E-state index in [-0.39, 0.29) is 4.90 Å². The topological polar surface area (TPSA) is 76.9 Å². The zero-order chi connectivity index (χ0) is 19.4. The summed E-state index contributed by atoms with van der Waals surface area (Å²) in [6.45, 7) is 2.08. The molecule has 0 aliphatic carbocycles. The van der Waals surface area contributed by atoms with Crippen molar-refractivity contribution in [1.29, 1.82) is 0 Å². The van der Waals surface area contributed by atoms with E-state index in [1.54, 1.807) is 41.2 Å². The minimum absolute atomic E-state index is 0.205. The molecule has 1 heterocycles. The number of anilines is 1. The van der Waals surface area contributed by atoms with E-state index in [1.807, 2.05) is 19.2 Å². The van der Waals surface area contributed by atoms with Crippen LogP contribution in [0.1, 0.15) is 18.9 Å². The number of nitrogens with zero attached hydrogens (tertiary/aromatic N) is 3. The summed E-state index contributed by atoms with van der Waals surface area (Å²) >= 11 is 7.39. The van der Waals surface area contributed by atoms with Gasteiger partial charge in [0.2, 0.25) is 0 Å². The first kappa shape index (κ1) is 19.7. The van der Waals surface area contributed by atoms with Crippen molar-refractivity contribution in [3.63, 3.8) is 0 Å². The first-order valence-corrected chi connectivity index (χ1v) is 11.0. The Balaban J connectivity index is 1.89. The number of rotatable bonds is 7. The molecule has 0 aliphatic rings.